The molecule has 1 aromatic carbocycles. The van der Waals surface area contributed by atoms with Crippen molar-refractivity contribution in [3.8, 4) is 5.75 Å². The first-order valence-corrected chi connectivity index (χ1v) is 9.72. The SMILES string of the molecule is COC[C@@H]1CCS(=O)(=O)C12CN(C(=O)c1cc(OC)ccc1Cl)C2. The van der Waals surface area contributed by atoms with Crippen molar-refractivity contribution in [1.82, 2.24) is 4.90 Å². The van der Waals surface area contributed by atoms with Gasteiger partial charge in [-0.3, -0.25) is 4.79 Å². The van der Waals surface area contributed by atoms with E-state index in [1.807, 2.05) is 0 Å². The normalized spacial score (nSPS) is 24.0. The average Bonchev–Trinajstić information content (AvgIpc) is 2.77. The van der Waals surface area contributed by atoms with Gasteiger partial charge in [0.15, 0.2) is 9.84 Å². The largest absolute Gasteiger partial charge is 0.497 e. The van der Waals surface area contributed by atoms with E-state index in [1.165, 1.54) is 12.0 Å². The molecule has 1 aromatic rings. The summed E-state index contributed by atoms with van der Waals surface area (Å²) in [4.78, 5) is 14.2. The molecule has 0 saturated carbocycles. The molecule has 24 heavy (non-hydrogen) atoms. The molecule has 6 nitrogen and oxygen atoms in total. The maximum absolute atomic E-state index is 12.7. The van der Waals surface area contributed by atoms with E-state index in [0.717, 1.165) is 0 Å². The van der Waals surface area contributed by atoms with Gasteiger partial charge in [0.1, 0.15) is 10.5 Å². The molecule has 2 aliphatic heterocycles. The minimum absolute atomic E-state index is 0.0719. The molecule has 0 radical (unpaired) electrons. The van der Waals surface area contributed by atoms with Crippen LogP contribution in [0.5, 0.6) is 5.75 Å². The van der Waals surface area contributed by atoms with Crippen molar-refractivity contribution in [2.75, 3.05) is 39.7 Å². The van der Waals surface area contributed by atoms with Crippen molar-refractivity contribution in [2.24, 2.45) is 5.92 Å². The van der Waals surface area contributed by atoms with Gasteiger partial charge in [-0.15, -0.1) is 0 Å². The number of benzene rings is 1. The summed E-state index contributed by atoms with van der Waals surface area (Å²) in [7, 11) is -0.148. The Morgan fingerprint density at radius 3 is 2.71 bits per heavy atom. The van der Waals surface area contributed by atoms with Gasteiger partial charge < -0.3 is 14.4 Å². The van der Waals surface area contributed by atoms with Crippen LogP contribution in [-0.2, 0) is 14.6 Å². The fourth-order valence-electron chi connectivity index (χ4n) is 3.62. The van der Waals surface area contributed by atoms with Gasteiger partial charge in [0.25, 0.3) is 5.91 Å². The Morgan fingerprint density at radius 1 is 1.38 bits per heavy atom. The maximum atomic E-state index is 12.7. The molecule has 2 fully saturated rings. The highest BCUT2D eigenvalue weighted by molar-refractivity contribution is 7.93. The molecule has 0 aromatic heterocycles. The molecular formula is C16H20ClNO5S. The van der Waals surface area contributed by atoms with Crippen molar-refractivity contribution in [3.05, 3.63) is 28.8 Å². The van der Waals surface area contributed by atoms with Crippen molar-refractivity contribution >= 4 is 27.3 Å². The van der Waals surface area contributed by atoms with E-state index in [1.54, 1.807) is 25.3 Å². The zero-order chi connectivity index (χ0) is 17.5. The molecule has 2 saturated heterocycles. The fourth-order valence-corrected chi connectivity index (χ4v) is 6.22. The number of carbonyl (C=O) groups excluding carboxylic acids is 1. The van der Waals surface area contributed by atoms with E-state index in [9.17, 15) is 13.2 Å². The molecule has 0 unspecified atom stereocenters. The van der Waals surface area contributed by atoms with Crippen LogP contribution in [0, 0.1) is 5.92 Å². The van der Waals surface area contributed by atoms with Crippen molar-refractivity contribution in [3.63, 3.8) is 0 Å². The van der Waals surface area contributed by atoms with Gasteiger partial charge in [-0.05, 0) is 24.6 Å². The first kappa shape index (κ1) is 17.5. The van der Waals surface area contributed by atoms with E-state index in [4.69, 9.17) is 21.1 Å². The third-order valence-electron chi connectivity index (χ3n) is 5.07. The Balaban J connectivity index is 1.82. The van der Waals surface area contributed by atoms with Crippen LogP contribution in [-0.4, -0.2) is 63.6 Å². The summed E-state index contributed by atoms with van der Waals surface area (Å²) >= 11 is 6.12. The van der Waals surface area contributed by atoms with Crippen LogP contribution in [0.15, 0.2) is 18.2 Å². The van der Waals surface area contributed by atoms with Gasteiger partial charge in [-0.2, -0.15) is 0 Å². The number of amides is 1. The van der Waals surface area contributed by atoms with Gasteiger partial charge in [0.05, 0.1) is 30.1 Å². The zero-order valence-electron chi connectivity index (χ0n) is 13.6. The number of carbonyl (C=O) groups is 1. The molecule has 1 spiro atoms. The lowest BCUT2D eigenvalue weighted by atomic mass is 9.83. The molecule has 1 atom stereocenters. The second-order valence-corrected chi connectivity index (χ2v) is 9.19. The lowest BCUT2D eigenvalue weighted by Gasteiger charge is -2.49. The molecule has 0 N–H and O–H groups in total. The number of rotatable bonds is 4. The predicted molar refractivity (Wildman–Crippen MR) is 90.4 cm³/mol. The molecule has 3 rings (SSSR count). The lowest BCUT2D eigenvalue weighted by Crippen LogP contribution is -2.68. The third-order valence-corrected chi connectivity index (χ3v) is 8.01. The molecular weight excluding hydrogens is 354 g/mol. The maximum Gasteiger partial charge on any atom is 0.255 e. The van der Waals surface area contributed by atoms with Crippen LogP contribution in [0.25, 0.3) is 0 Å². The molecule has 0 aliphatic carbocycles. The van der Waals surface area contributed by atoms with Crippen LogP contribution < -0.4 is 4.74 Å². The number of likely N-dealkylation sites (tertiary alicyclic amines) is 1. The minimum atomic E-state index is -3.22. The van der Waals surface area contributed by atoms with Crippen LogP contribution in [0.1, 0.15) is 16.8 Å². The number of methoxy groups -OCH3 is 2. The van der Waals surface area contributed by atoms with Gasteiger partial charge in [0, 0.05) is 26.1 Å². The predicted octanol–water partition coefficient (Wildman–Crippen LogP) is 1.62. The second-order valence-electron chi connectivity index (χ2n) is 6.33. The highest BCUT2D eigenvalue weighted by Crippen LogP contribution is 2.45. The summed E-state index contributed by atoms with van der Waals surface area (Å²) < 4.78 is 34.4. The number of hydrogen-bond acceptors (Lipinski definition) is 5. The summed E-state index contributed by atoms with van der Waals surface area (Å²) in [5, 5.41) is 0.324. The Kier molecular flexibility index (Phi) is 4.53. The summed E-state index contributed by atoms with van der Waals surface area (Å²) in [6.45, 7) is 0.770. The fraction of sp³-hybridized carbons (Fsp3) is 0.562. The third kappa shape index (κ3) is 2.59. The summed E-state index contributed by atoms with van der Waals surface area (Å²) in [6, 6.07) is 4.85. The van der Waals surface area contributed by atoms with Gasteiger partial charge in [-0.1, -0.05) is 11.6 Å². The lowest BCUT2D eigenvalue weighted by molar-refractivity contribution is 0.0337. The standard InChI is InChI=1S/C16H20ClNO5S/c1-22-8-11-5-6-24(20,21)16(11)9-18(10-16)15(19)13-7-12(23-2)3-4-14(13)17/h3-4,7,11H,5-6,8-10H2,1-2H3/t11-/m0/s1. The monoisotopic (exact) mass is 373 g/mol. The number of sulfone groups is 1. The van der Waals surface area contributed by atoms with Gasteiger partial charge in [0.2, 0.25) is 0 Å². The number of nitrogens with zero attached hydrogens (tertiary/aromatic N) is 1. The van der Waals surface area contributed by atoms with E-state index in [2.05, 4.69) is 0 Å². The van der Waals surface area contributed by atoms with Gasteiger partial charge in [-0.25, -0.2) is 8.42 Å². The number of halogens is 1. The first-order valence-electron chi connectivity index (χ1n) is 7.68. The topological polar surface area (TPSA) is 72.9 Å². The van der Waals surface area contributed by atoms with Gasteiger partial charge >= 0.3 is 0 Å². The van der Waals surface area contributed by atoms with E-state index < -0.39 is 14.6 Å². The molecule has 0 bridgehead atoms. The summed E-state index contributed by atoms with van der Waals surface area (Å²) in [5.41, 5.74) is 0.324. The van der Waals surface area contributed by atoms with E-state index in [0.29, 0.717) is 29.4 Å². The summed E-state index contributed by atoms with van der Waals surface area (Å²) in [6.07, 6.45) is 0.581. The van der Waals surface area contributed by atoms with Crippen LogP contribution in [0.4, 0.5) is 0 Å². The highest BCUT2D eigenvalue weighted by atomic mass is 35.5. The molecule has 8 heteroatoms. The molecule has 2 aliphatic rings. The molecule has 132 valence electrons. The van der Waals surface area contributed by atoms with Crippen molar-refractivity contribution in [1.29, 1.82) is 0 Å². The molecule has 2 heterocycles. The Hall–Kier alpha value is -1.31. The highest BCUT2D eigenvalue weighted by Gasteiger charge is 2.62. The summed E-state index contributed by atoms with van der Waals surface area (Å²) in [5.74, 6) is 0.340. The zero-order valence-corrected chi connectivity index (χ0v) is 15.2. The van der Waals surface area contributed by atoms with E-state index >= 15 is 0 Å². The number of ether oxygens (including phenoxy) is 2. The smallest absolute Gasteiger partial charge is 0.255 e. The first-order chi connectivity index (χ1) is 11.3. The quantitative estimate of drug-likeness (QED) is 0.802. The van der Waals surface area contributed by atoms with E-state index in [-0.39, 0.29) is 30.7 Å². The van der Waals surface area contributed by atoms with Crippen molar-refractivity contribution in [2.45, 2.75) is 11.2 Å². The Labute approximate surface area is 146 Å². The average molecular weight is 374 g/mol. The van der Waals surface area contributed by atoms with Crippen LogP contribution in [0.2, 0.25) is 5.02 Å². The second kappa shape index (κ2) is 6.20. The van der Waals surface area contributed by atoms with Crippen LogP contribution >= 0.6 is 11.6 Å². The number of hydrogen-bond donors (Lipinski definition) is 0. The Morgan fingerprint density at radius 2 is 2.08 bits per heavy atom. The molecule has 1 amide bonds. The Bertz CT molecular complexity index is 758. The van der Waals surface area contributed by atoms with Crippen molar-refractivity contribution < 1.29 is 22.7 Å². The van der Waals surface area contributed by atoms with Crippen LogP contribution in [0.3, 0.4) is 0 Å². The minimum Gasteiger partial charge on any atom is -0.497 e.